The number of likely N-dealkylation sites (tertiary alicyclic amines) is 2. The van der Waals surface area contributed by atoms with Crippen LogP contribution in [0.25, 0.3) is 0 Å². The van der Waals surface area contributed by atoms with Gasteiger partial charge in [-0.3, -0.25) is 62.5 Å². The molecule has 2 aliphatic rings. The van der Waals surface area contributed by atoms with E-state index in [-0.39, 0.29) is 105 Å². The number of nitrogens with two attached hydrogens (primary N) is 5. The predicted molar refractivity (Wildman–Crippen MR) is 462 cm³/mol. The van der Waals surface area contributed by atoms with Crippen LogP contribution in [-0.2, 0) is 73.6 Å². The molecule has 0 radical (unpaired) electrons. The summed E-state index contributed by atoms with van der Waals surface area (Å²) in [5, 5.41) is 41.0. The number of rotatable bonds is 47. The number of amides is 16. The number of carboxylic acid groups (broad SMARTS) is 1. The standard InChI is InChI=1S/C68H107N11O15.C11H23N5O3.C7H7NO2/c1-15-43(8)59(51(92-13)38-55(83)78-37-23-27-50(78)61(93-14)44(9)62(85)71-45(10)60(84)47-24-18-16-19-25-47)76(11)66(89)57(41(4)5)75-65(88)58(42(6)7)77(12)68(91)94-39-46-29-31-48(32-30-46)72-63(86)49(26-22-35-70-67(69)90)73-64(87)56(40(2)3)74-52(80)28-20-17-21-36-79-53(81)33-34-54(79)82;1-6(2)8(12)10(18)16-7(9(13)17)4-3-5-15-11(14)19;8-6-3-1-5(2-4-6)7(9)10/h16,18-19,24-25,29-32,40-45,49-51,56-61,84H,15,17,20-23,26-28,33-39H2,1-14H3,(H,71,85)(H,72,86)(H,73,87)(H,74,80)(H,75,88)(H3,69,70,90);6-8H,3-5,12H2,1-2H3,(H2,13,17)(H,16,18)(H3,14,15,19);1-4H,8H2,(H,9,10)/t43-,44+,45+,49-,50-,51+,56-,57-,58-,59-,60+,61+;7-,8-;/m00./s1. The number of anilines is 2. The number of hydrogen-bond acceptors (Lipinski definition) is 21. The Hall–Kier alpha value is -11.1. The second-order valence-electron chi connectivity index (χ2n) is 32.6. The van der Waals surface area contributed by atoms with Gasteiger partial charge in [0.05, 0.1) is 60.4 Å². The minimum absolute atomic E-state index is 0.0370. The second-order valence-corrected chi connectivity index (χ2v) is 32.6. The Bertz CT molecular complexity index is 3920. The Labute approximate surface area is 722 Å². The third kappa shape index (κ3) is 35.4. The van der Waals surface area contributed by atoms with E-state index in [9.17, 15) is 77.0 Å². The van der Waals surface area contributed by atoms with Crippen molar-refractivity contribution in [3.63, 3.8) is 0 Å². The topological polar surface area (TPSA) is 563 Å². The zero-order chi connectivity index (χ0) is 92.7. The summed E-state index contributed by atoms with van der Waals surface area (Å²) < 4.78 is 17.8. The van der Waals surface area contributed by atoms with Crippen LogP contribution >= 0.6 is 0 Å². The highest BCUT2D eigenvalue weighted by Gasteiger charge is 2.45. The maximum atomic E-state index is 14.8. The summed E-state index contributed by atoms with van der Waals surface area (Å²) in [6.45, 7) is 22.6. The molecule has 37 heteroatoms. The Balaban J connectivity index is 0.00000113. The fourth-order valence-electron chi connectivity index (χ4n) is 14.3. The number of benzene rings is 3. The van der Waals surface area contributed by atoms with E-state index in [2.05, 4.69) is 42.5 Å². The average Bonchev–Trinajstić information content (AvgIpc) is 1.74. The third-order valence-electron chi connectivity index (χ3n) is 21.8. The smallest absolute Gasteiger partial charge is 0.410 e. The van der Waals surface area contributed by atoms with E-state index in [1.165, 1.54) is 43.2 Å². The number of aromatic carboxylic acids is 1. The largest absolute Gasteiger partial charge is 0.478 e. The number of methoxy groups -OCH3 is 2. The molecule has 2 saturated heterocycles. The lowest BCUT2D eigenvalue weighted by Gasteiger charge is -2.41. The molecule has 0 aliphatic carbocycles. The van der Waals surface area contributed by atoms with E-state index in [0.29, 0.717) is 93.5 Å². The molecule has 0 unspecified atom stereocenters. The predicted octanol–water partition coefficient (Wildman–Crippen LogP) is 4.66. The number of aliphatic hydroxyl groups excluding tert-OH is 1. The van der Waals surface area contributed by atoms with Gasteiger partial charge in [0.25, 0.3) is 0 Å². The van der Waals surface area contributed by atoms with Gasteiger partial charge in [0.15, 0.2) is 0 Å². The summed E-state index contributed by atoms with van der Waals surface area (Å²) in [7, 11) is 6.08. The Kier molecular flexibility index (Phi) is 46.4. The van der Waals surface area contributed by atoms with Crippen LogP contribution in [0.2, 0.25) is 0 Å². The minimum Gasteiger partial charge on any atom is -0.478 e. The van der Waals surface area contributed by atoms with Crippen molar-refractivity contribution in [2.75, 3.05) is 65.5 Å². The van der Waals surface area contributed by atoms with Gasteiger partial charge < -0.3 is 105 Å². The van der Waals surface area contributed by atoms with Gasteiger partial charge in [0, 0.05) is 85.1 Å². The summed E-state index contributed by atoms with van der Waals surface area (Å²) >= 11 is 0. The van der Waals surface area contributed by atoms with Crippen LogP contribution < -0.4 is 71.2 Å². The van der Waals surface area contributed by atoms with Crippen LogP contribution in [0.3, 0.4) is 0 Å². The van der Waals surface area contributed by atoms with E-state index in [1.807, 2.05) is 32.0 Å². The van der Waals surface area contributed by atoms with Gasteiger partial charge in [-0.25, -0.2) is 19.2 Å². The van der Waals surface area contributed by atoms with Gasteiger partial charge in [-0.2, -0.15) is 0 Å². The highest BCUT2D eigenvalue weighted by Crippen LogP contribution is 2.31. The number of hydrogen-bond donors (Lipinski definition) is 15. The summed E-state index contributed by atoms with van der Waals surface area (Å²) in [6.07, 6.45) is 1.84. The molecule has 2 aliphatic heterocycles. The molecule has 2 heterocycles. The maximum absolute atomic E-state index is 14.8. The number of nitrogens with zero attached hydrogens (tertiary/aromatic N) is 4. The molecule has 16 amide bonds. The van der Waals surface area contributed by atoms with Crippen LogP contribution in [0.4, 0.5) is 25.8 Å². The zero-order valence-electron chi connectivity index (χ0n) is 74.3. The van der Waals surface area contributed by atoms with Crippen molar-refractivity contribution in [1.82, 2.24) is 56.8 Å². The lowest BCUT2D eigenvalue weighted by atomic mass is 9.89. The molecule has 123 heavy (non-hydrogen) atoms. The van der Waals surface area contributed by atoms with Crippen molar-refractivity contribution < 1.29 is 96.3 Å². The number of nitrogen functional groups attached to an aromatic ring is 1. The number of carbonyl (C=O) groups excluding carboxylic acids is 14. The lowest BCUT2D eigenvalue weighted by molar-refractivity contribution is -0.148. The van der Waals surface area contributed by atoms with E-state index in [0.717, 1.165) is 0 Å². The number of ether oxygens (including phenoxy) is 3. The Morgan fingerprint density at radius 3 is 1.69 bits per heavy atom. The van der Waals surface area contributed by atoms with E-state index in [4.69, 9.17) is 48.0 Å². The molecule has 14 atom stereocenters. The summed E-state index contributed by atoms with van der Waals surface area (Å²) in [5.41, 5.74) is 28.7. The molecule has 0 bridgehead atoms. The van der Waals surface area contributed by atoms with Gasteiger partial charge in [-0.05, 0) is 135 Å². The van der Waals surface area contributed by atoms with Crippen molar-refractivity contribution in [3.05, 3.63) is 95.6 Å². The monoisotopic (exact) mass is 1730 g/mol. The molecule has 686 valence electrons. The molecular formula is C86H137N17O20. The summed E-state index contributed by atoms with van der Waals surface area (Å²) in [4.78, 5) is 196. The van der Waals surface area contributed by atoms with Crippen molar-refractivity contribution in [2.45, 2.75) is 252 Å². The number of carboxylic acids is 1. The fraction of sp³-hybridized carbons (Fsp3) is 0.616. The van der Waals surface area contributed by atoms with Gasteiger partial charge in [-0.15, -0.1) is 0 Å². The van der Waals surface area contributed by atoms with E-state index >= 15 is 0 Å². The van der Waals surface area contributed by atoms with Crippen LogP contribution in [-0.4, -0.2) is 240 Å². The highest BCUT2D eigenvalue weighted by atomic mass is 16.6. The van der Waals surface area contributed by atoms with Gasteiger partial charge in [-0.1, -0.05) is 131 Å². The van der Waals surface area contributed by atoms with Gasteiger partial charge in [0.1, 0.15) is 36.8 Å². The summed E-state index contributed by atoms with van der Waals surface area (Å²) in [5.74, 6) is -7.64. The number of primary amides is 3. The van der Waals surface area contributed by atoms with Crippen LogP contribution in [0.15, 0.2) is 78.9 Å². The van der Waals surface area contributed by atoms with Crippen LogP contribution in [0.1, 0.15) is 201 Å². The highest BCUT2D eigenvalue weighted by molar-refractivity contribution is 6.02. The number of imide groups is 1. The molecule has 5 rings (SSSR count). The number of likely N-dealkylation sites (N-methyl/N-ethyl adjacent to an activating group) is 2. The SMILES string of the molecule is CC(C)[C@H](N)C(=O)N[C@@H](CCCNC(N)=O)C(N)=O.CC[C@H](C)[C@@H]([C@@H](CC(=O)N1CCC[C@H]1[C@H](OC)[C@@H](C)C(=O)N[C@H](C)[C@@H](O)c1ccccc1)OC)N(C)C(=O)[C@@H](NC(=O)[C@H](C(C)C)N(C)C(=O)OCc1ccc(NC(=O)[C@H](CCCNC(N)=O)NC(=O)[C@@H](NC(=O)CCCCCN2C(=O)CCC2=O)C(C)C)cc1)C(C)C.Nc1ccc(C(=O)O)cc1. The molecular weight excluding hydrogens is 1590 g/mol. The molecule has 0 spiro atoms. The van der Waals surface area contributed by atoms with E-state index < -0.39 is 150 Å². The average molecular weight is 1730 g/mol. The number of carbonyl (C=O) groups is 15. The molecule has 37 nitrogen and oxygen atoms in total. The van der Waals surface area contributed by atoms with E-state index in [1.54, 1.807) is 135 Å². The lowest BCUT2D eigenvalue weighted by Crippen LogP contribution is -2.60. The first kappa shape index (κ1) is 106. The van der Waals surface area contributed by atoms with Crippen molar-refractivity contribution in [2.24, 2.45) is 58.4 Å². The number of urea groups is 2. The Morgan fingerprint density at radius 1 is 0.610 bits per heavy atom. The Morgan fingerprint density at radius 2 is 1.18 bits per heavy atom. The number of aliphatic hydroxyl groups is 1. The first-order valence-corrected chi connectivity index (χ1v) is 42.1. The molecule has 0 saturated carbocycles. The quantitative estimate of drug-likeness (QED) is 0.0208. The van der Waals surface area contributed by atoms with Gasteiger partial charge >= 0.3 is 24.1 Å². The molecule has 3 aromatic carbocycles. The maximum Gasteiger partial charge on any atom is 0.410 e. The molecule has 0 aromatic heterocycles. The first-order chi connectivity index (χ1) is 57.9. The first-order valence-electron chi connectivity index (χ1n) is 42.1. The normalized spacial score (nSPS) is 16.3. The van der Waals surface area contributed by atoms with Gasteiger partial charge in [0.2, 0.25) is 65.0 Å². The second kappa shape index (κ2) is 53.8. The summed E-state index contributed by atoms with van der Waals surface area (Å²) in [6, 6.07) is 12.7. The molecule has 20 N–H and O–H groups in total. The fourth-order valence-corrected chi connectivity index (χ4v) is 14.3. The van der Waals surface area contributed by atoms with Crippen LogP contribution in [0, 0.1) is 35.5 Å². The van der Waals surface area contributed by atoms with Crippen LogP contribution in [0.5, 0.6) is 0 Å². The number of unbranched alkanes of at least 4 members (excludes halogenated alkanes) is 2. The van der Waals surface area contributed by atoms with Crippen molar-refractivity contribution >= 4 is 100 Å². The number of nitrogens with one attached hydrogen (secondary N) is 8. The minimum atomic E-state index is -1.11. The van der Waals surface area contributed by atoms with Crippen molar-refractivity contribution in [1.29, 1.82) is 0 Å². The molecule has 2 fully saturated rings. The zero-order valence-corrected chi connectivity index (χ0v) is 74.3. The molecule has 3 aromatic rings. The van der Waals surface area contributed by atoms with Crippen molar-refractivity contribution in [3.8, 4) is 0 Å². The third-order valence-corrected chi connectivity index (χ3v) is 21.8.